The molecule has 1 aliphatic heterocycles. The molecule has 0 saturated carbocycles. The Hall–Kier alpha value is -2.82. The van der Waals surface area contributed by atoms with Crippen molar-refractivity contribution in [2.45, 2.75) is 31.1 Å². The number of benzene rings is 2. The number of morpholine rings is 1. The van der Waals surface area contributed by atoms with E-state index < -0.39 is 14.9 Å². The largest absolute Gasteiger partial charge is 0.379 e. The molecule has 0 unspecified atom stereocenters. The van der Waals surface area contributed by atoms with Crippen LogP contribution < -0.4 is 5.43 Å². The van der Waals surface area contributed by atoms with Crippen molar-refractivity contribution in [3.63, 3.8) is 0 Å². The summed E-state index contributed by atoms with van der Waals surface area (Å²) < 4.78 is 32.7. The van der Waals surface area contributed by atoms with Crippen LogP contribution in [0.5, 0.6) is 0 Å². The van der Waals surface area contributed by atoms with Crippen LogP contribution >= 0.6 is 0 Å². The van der Waals surface area contributed by atoms with Crippen LogP contribution in [0.4, 0.5) is 11.4 Å². The summed E-state index contributed by atoms with van der Waals surface area (Å²) in [5, 5.41) is 15.3. The molecule has 0 aromatic heterocycles. The maximum atomic E-state index is 13.1. The minimum Gasteiger partial charge on any atom is -0.379 e. The van der Waals surface area contributed by atoms with Crippen molar-refractivity contribution in [1.29, 1.82) is 0 Å². The number of hydrogen-bond donors (Lipinski definition) is 1. The maximum Gasteiger partial charge on any atom is 0.270 e. The van der Waals surface area contributed by atoms with Crippen LogP contribution in [0.3, 0.4) is 0 Å². The lowest BCUT2D eigenvalue weighted by Crippen LogP contribution is -2.40. The number of sulfonamides is 1. The molecule has 9 nitrogen and oxygen atoms in total. The Morgan fingerprint density at radius 3 is 2.35 bits per heavy atom. The number of ether oxygens (including phenoxy) is 1. The van der Waals surface area contributed by atoms with E-state index in [2.05, 4.69) is 31.3 Å². The molecule has 31 heavy (non-hydrogen) atoms. The predicted molar refractivity (Wildman–Crippen MR) is 119 cm³/mol. The van der Waals surface area contributed by atoms with E-state index in [9.17, 15) is 18.5 Å². The van der Waals surface area contributed by atoms with E-state index in [0.717, 1.165) is 11.6 Å². The monoisotopic (exact) mass is 446 g/mol. The maximum absolute atomic E-state index is 13.1. The standard InChI is InChI=1S/C21H26N4O5S/c1-21(2,3)17-6-4-16(5-7-17)15-22-23-19-9-8-18(25(26)27)14-20(19)31(28,29)24-10-12-30-13-11-24/h4-9,14-15,23H,10-13H2,1-3H3. The quantitative estimate of drug-likeness (QED) is 0.413. The summed E-state index contributed by atoms with van der Waals surface area (Å²) in [6.45, 7) is 7.31. The second kappa shape index (κ2) is 9.13. The highest BCUT2D eigenvalue weighted by Gasteiger charge is 2.30. The highest BCUT2D eigenvalue weighted by molar-refractivity contribution is 7.89. The molecular formula is C21H26N4O5S. The molecule has 1 fully saturated rings. The highest BCUT2D eigenvalue weighted by atomic mass is 32.2. The van der Waals surface area contributed by atoms with Gasteiger partial charge in [0.05, 0.1) is 30.0 Å². The first kappa shape index (κ1) is 22.9. The number of nitrogens with one attached hydrogen (secondary N) is 1. The van der Waals surface area contributed by atoms with Crippen LogP contribution in [0, 0.1) is 10.1 Å². The second-order valence-corrected chi connectivity index (χ2v) is 10.1. The van der Waals surface area contributed by atoms with Gasteiger partial charge in [0.1, 0.15) is 4.90 Å². The van der Waals surface area contributed by atoms with Gasteiger partial charge < -0.3 is 4.74 Å². The minimum absolute atomic E-state index is 0.0371. The number of nitro groups is 1. The Balaban J connectivity index is 1.87. The van der Waals surface area contributed by atoms with Gasteiger partial charge in [-0.1, -0.05) is 45.0 Å². The highest BCUT2D eigenvalue weighted by Crippen LogP contribution is 2.29. The van der Waals surface area contributed by atoms with Crippen molar-refractivity contribution in [2.75, 3.05) is 31.7 Å². The molecule has 3 rings (SSSR count). The average molecular weight is 447 g/mol. The summed E-state index contributed by atoms with van der Waals surface area (Å²) in [5.41, 5.74) is 4.65. The van der Waals surface area contributed by atoms with Crippen LogP contribution in [0.1, 0.15) is 31.9 Å². The predicted octanol–water partition coefficient (Wildman–Crippen LogP) is 3.36. The van der Waals surface area contributed by atoms with E-state index in [-0.39, 0.29) is 48.0 Å². The fourth-order valence-corrected chi connectivity index (χ4v) is 4.67. The molecule has 0 aliphatic carbocycles. The van der Waals surface area contributed by atoms with Crippen LogP contribution in [0.15, 0.2) is 52.5 Å². The molecule has 0 spiro atoms. The Morgan fingerprint density at radius 1 is 1.13 bits per heavy atom. The van der Waals surface area contributed by atoms with Crippen LogP contribution in [0.2, 0.25) is 0 Å². The van der Waals surface area contributed by atoms with Gasteiger partial charge in [0, 0.05) is 25.2 Å². The van der Waals surface area contributed by atoms with E-state index in [4.69, 9.17) is 4.74 Å². The van der Waals surface area contributed by atoms with Crippen molar-refractivity contribution in [1.82, 2.24) is 4.31 Å². The Labute approximate surface area is 181 Å². The average Bonchev–Trinajstić information content (AvgIpc) is 2.74. The van der Waals surface area contributed by atoms with E-state index >= 15 is 0 Å². The lowest BCUT2D eigenvalue weighted by molar-refractivity contribution is -0.385. The summed E-state index contributed by atoms with van der Waals surface area (Å²) in [6.07, 6.45) is 1.57. The van der Waals surface area contributed by atoms with E-state index in [0.29, 0.717) is 0 Å². The van der Waals surface area contributed by atoms with E-state index in [1.807, 2.05) is 24.3 Å². The number of nitro benzene ring substituents is 1. The van der Waals surface area contributed by atoms with Gasteiger partial charge in [-0.3, -0.25) is 15.5 Å². The van der Waals surface area contributed by atoms with Gasteiger partial charge in [-0.2, -0.15) is 9.41 Å². The first-order valence-electron chi connectivity index (χ1n) is 9.85. The molecule has 0 bridgehead atoms. The molecule has 1 N–H and O–H groups in total. The summed E-state index contributed by atoms with van der Waals surface area (Å²) in [5.74, 6) is 0. The van der Waals surface area contributed by atoms with Crippen molar-refractivity contribution < 1.29 is 18.1 Å². The first-order valence-corrected chi connectivity index (χ1v) is 11.3. The molecular weight excluding hydrogens is 420 g/mol. The third-order valence-electron chi connectivity index (χ3n) is 4.94. The number of hydrogen-bond acceptors (Lipinski definition) is 7. The number of rotatable bonds is 6. The normalized spacial score (nSPS) is 15.8. The minimum atomic E-state index is -3.95. The van der Waals surface area contributed by atoms with Crippen molar-refractivity contribution in [2.24, 2.45) is 5.10 Å². The number of anilines is 1. The molecule has 0 amide bonds. The van der Waals surface area contributed by atoms with Gasteiger partial charge in [-0.05, 0) is 22.6 Å². The molecule has 10 heteroatoms. The van der Waals surface area contributed by atoms with Crippen LogP contribution in [-0.4, -0.2) is 50.2 Å². The molecule has 166 valence electrons. The van der Waals surface area contributed by atoms with Gasteiger partial charge in [0.25, 0.3) is 5.69 Å². The summed E-state index contributed by atoms with van der Waals surface area (Å²) in [6, 6.07) is 11.5. The number of non-ortho nitro benzene ring substituents is 1. The first-order chi connectivity index (χ1) is 14.6. The summed E-state index contributed by atoms with van der Waals surface area (Å²) >= 11 is 0. The zero-order valence-electron chi connectivity index (χ0n) is 17.7. The van der Waals surface area contributed by atoms with Gasteiger partial charge in [-0.15, -0.1) is 0 Å². The lowest BCUT2D eigenvalue weighted by atomic mass is 9.87. The van der Waals surface area contributed by atoms with E-state index in [1.54, 1.807) is 6.21 Å². The molecule has 0 radical (unpaired) electrons. The molecule has 1 heterocycles. The van der Waals surface area contributed by atoms with Gasteiger partial charge >= 0.3 is 0 Å². The molecule has 1 aliphatic rings. The zero-order valence-corrected chi connectivity index (χ0v) is 18.6. The van der Waals surface area contributed by atoms with Crippen LogP contribution in [0.25, 0.3) is 0 Å². The van der Waals surface area contributed by atoms with Crippen molar-refractivity contribution in [3.05, 3.63) is 63.7 Å². The SMILES string of the molecule is CC(C)(C)c1ccc(C=NNc2ccc([N+](=O)[O-])cc2S(=O)(=O)N2CCOCC2)cc1. The van der Waals surface area contributed by atoms with Gasteiger partial charge in [-0.25, -0.2) is 8.42 Å². The molecule has 1 saturated heterocycles. The Kier molecular flexibility index (Phi) is 6.73. The fourth-order valence-electron chi connectivity index (χ4n) is 3.10. The van der Waals surface area contributed by atoms with Gasteiger partial charge in [0.15, 0.2) is 0 Å². The number of hydrazone groups is 1. The zero-order chi connectivity index (χ0) is 22.6. The fraction of sp³-hybridized carbons (Fsp3) is 0.381. The van der Waals surface area contributed by atoms with E-state index in [1.165, 1.54) is 22.0 Å². The van der Waals surface area contributed by atoms with Crippen molar-refractivity contribution in [3.8, 4) is 0 Å². The molecule has 2 aromatic rings. The Bertz CT molecular complexity index is 1070. The smallest absolute Gasteiger partial charge is 0.270 e. The topological polar surface area (TPSA) is 114 Å². The summed E-state index contributed by atoms with van der Waals surface area (Å²) in [7, 11) is -3.95. The lowest BCUT2D eigenvalue weighted by Gasteiger charge is -2.26. The Morgan fingerprint density at radius 2 is 1.77 bits per heavy atom. The third-order valence-corrected chi connectivity index (χ3v) is 6.88. The third kappa shape index (κ3) is 5.46. The molecule has 0 atom stereocenters. The summed E-state index contributed by atoms with van der Waals surface area (Å²) in [4.78, 5) is 10.4. The molecule has 2 aromatic carbocycles. The van der Waals surface area contributed by atoms with Crippen molar-refractivity contribution >= 4 is 27.6 Å². The van der Waals surface area contributed by atoms with Crippen LogP contribution in [-0.2, 0) is 20.2 Å². The second-order valence-electron chi connectivity index (χ2n) is 8.20. The van der Waals surface area contributed by atoms with Gasteiger partial charge in [0.2, 0.25) is 10.0 Å². The number of nitrogens with zero attached hydrogens (tertiary/aromatic N) is 3.